The maximum atomic E-state index is 11.4. The molecule has 0 aliphatic rings. The summed E-state index contributed by atoms with van der Waals surface area (Å²) in [6.45, 7) is 2.24. The van der Waals surface area contributed by atoms with Crippen molar-refractivity contribution < 1.29 is 9.90 Å². The molecule has 1 amide bonds. The van der Waals surface area contributed by atoms with E-state index in [1.807, 2.05) is 36.6 Å². The molecule has 1 unspecified atom stereocenters. The first-order chi connectivity index (χ1) is 8.72. The Morgan fingerprint density at radius 1 is 1.44 bits per heavy atom. The van der Waals surface area contributed by atoms with Gasteiger partial charge in [-0.05, 0) is 23.3 Å². The van der Waals surface area contributed by atoms with E-state index < -0.39 is 6.10 Å². The van der Waals surface area contributed by atoms with Gasteiger partial charge in [-0.1, -0.05) is 25.1 Å². The van der Waals surface area contributed by atoms with Crippen LogP contribution in [0.5, 0.6) is 0 Å². The summed E-state index contributed by atoms with van der Waals surface area (Å²) in [6.07, 6.45) is 0.697. The van der Waals surface area contributed by atoms with E-state index in [2.05, 4.69) is 5.32 Å². The van der Waals surface area contributed by atoms with Crippen LogP contribution in [0.3, 0.4) is 0 Å². The zero-order valence-corrected chi connectivity index (χ0v) is 11.2. The fraction of sp³-hybridized carbons (Fsp3) is 0.357. The maximum Gasteiger partial charge on any atom is 0.220 e. The number of aliphatic hydroxyl groups excluding tert-OH is 1. The van der Waals surface area contributed by atoms with Gasteiger partial charge in [0.15, 0.2) is 0 Å². The Kier molecular flexibility index (Phi) is 4.33. The van der Waals surface area contributed by atoms with Gasteiger partial charge in [-0.15, -0.1) is 11.3 Å². The molecule has 1 heterocycles. The third-order valence-corrected chi connectivity index (χ3v) is 3.82. The summed E-state index contributed by atoms with van der Waals surface area (Å²) in [6, 6.07) is 7.98. The normalized spacial score (nSPS) is 12.6. The topological polar surface area (TPSA) is 49.3 Å². The lowest BCUT2D eigenvalue weighted by atomic mass is 10.1. The Bertz CT molecular complexity index is 535. The van der Waals surface area contributed by atoms with Gasteiger partial charge in [-0.25, -0.2) is 0 Å². The van der Waals surface area contributed by atoms with Crippen LogP contribution < -0.4 is 5.32 Å². The summed E-state index contributed by atoms with van der Waals surface area (Å²) in [5.41, 5.74) is 0.896. The maximum absolute atomic E-state index is 11.4. The van der Waals surface area contributed by atoms with Gasteiger partial charge < -0.3 is 10.4 Å². The first-order valence-corrected chi connectivity index (χ1v) is 7.01. The fourth-order valence-electron chi connectivity index (χ4n) is 1.89. The minimum absolute atomic E-state index is 0.00362. The zero-order chi connectivity index (χ0) is 13.0. The van der Waals surface area contributed by atoms with Crippen LogP contribution in [-0.4, -0.2) is 17.6 Å². The van der Waals surface area contributed by atoms with E-state index in [1.54, 1.807) is 11.3 Å². The number of hydrogen-bond acceptors (Lipinski definition) is 3. The zero-order valence-electron chi connectivity index (χ0n) is 10.3. The number of nitrogens with one attached hydrogen (secondary N) is 1. The molecule has 0 bridgehead atoms. The Morgan fingerprint density at radius 2 is 2.22 bits per heavy atom. The van der Waals surface area contributed by atoms with E-state index in [-0.39, 0.29) is 12.5 Å². The predicted octanol–water partition coefficient (Wildman–Crippen LogP) is 2.85. The number of aliphatic hydroxyl groups is 1. The standard InChI is InChI=1S/C14H17NO2S/c1-2-5-14(17)15-8-12(16)11-9-18-13-7-4-3-6-10(11)13/h3-4,6-7,9,12,16H,2,5,8H2,1H3,(H,15,17). The first-order valence-electron chi connectivity index (χ1n) is 6.13. The highest BCUT2D eigenvalue weighted by molar-refractivity contribution is 7.17. The van der Waals surface area contributed by atoms with E-state index in [0.29, 0.717) is 6.42 Å². The van der Waals surface area contributed by atoms with Crippen molar-refractivity contribution in [3.63, 3.8) is 0 Å². The van der Waals surface area contributed by atoms with Crippen LogP contribution in [0.2, 0.25) is 0 Å². The van der Waals surface area contributed by atoms with Crippen molar-refractivity contribution >= 4 is 27.3 Å². The number of carbonyl (C=O) groups excluding carboxylic acids is 1. The average molecular weight is 263 g/mol. The second kappa shape index (κ2) is 5.98. The van der Waals surface area contributed by atoms with E-state index in [4.69, 9.17) is 0 Å². The molecule has 0 aliphatic heterocycles. The molecule has 0 aliphatic carbocycles. The molecule has 0 fully saturated rings. The van der Waals surface area contributed by atoms with Crippen LogP contribution in [0.25, 0.3) is 10.1 Å². The predicted molar refractivity (Wildman–Crippen MR) is 74.7 cm³/mol. The fourth-order valence-corrected chi connectivity index (χ4v) is 2.90. The number of fused-ring (bicyclic) bond motifs is 1. The van der Waals surface area contributed by atoms with E-state index in [9.17, 15) is 9.90 Å². The van der Waals surface area contributed by atoms with Crippen molar-refractivity contribution in [2.75, 3.05) is 6.54 Å². The molecule has 1 aromatic heterocycles. The van der Waals surface area contributed by atoms with Gasteiger partial charge in [0.05, 0.1) is 6.10 Å². The van der Waals surface area contributed by atoms with Gasteiger partial charge in [-0.2, -0.15) is 0 Å². The Hall–Kier alpha value is -1.39. The molecule has 3 nitrogen and oxygen atoms in total. The van der Waals surface area contributed by atoms with E-state index in [1.165, 1.54) is 0 Å². The smallest absolute Gasteiger partial charge is 0.220 e. The molecule has 2 aromatic rings. The molecule has 2 rings (SSSR count). The number of thiophene rings is 1. The van der Waals surface area contributed by atoms with Crippen molar-refractivity contribution in [3.8, 4) is 0 Å². The van der Waals surface area contributed by atoms with Crippen molar-refractivity contribution in [3.05, 3.63) is 35.2 Å². The van der Waals surface area contributed by atoms with Crippen LogP contribution in [0, 0.1) is 0 Å². The Balaban J connectivity index is 2.05. The van der Waals surface area contributed by atoms with E-state index >= 15 is 0 Å². The number of benzene rings is 1. The van der Waals surface area contributed by atoms with Gasteiger partial charge in [-0.3, -0.25) is 4.79 Å². The molecular weight excluding hydrogens is 246 g/mol. The lowest BCUT2D eigenvalue weighted by Gasteiger charge is -2.11. The molecule has 0 saturated heterocycles. The minimum atomic E-state index is -0.637. The molecule has 1 atom stereocenters. The molecule has 0 spiro atoms. The quantitative estimate of drug-likeness (QED) is 0.871. The highest BCUT2D eigenvalue weighted by atomic mass is 32.1. The summed E-state index contributed by atoms with van der Waals surface area (Å²) in [5.74, 6) is -0.00362. The van der Waals surface area contributed by atoms with Gasteiger partial charge in [0.25, 0.3) is 0 Å². The van der Waals surface area contributed by atoms with Gasteiger partial charge in [0.1, 0.15) is 0 Å². The van der Waals surface area contributed by atoms with E-state index in [0.717, 1.165) is 22.1 Å². The van der Waals surface area contributed by atoms with Crippen LogP contribution in [-0.2, 0) is 4.79 Å². The Labute approximate surface area is 110 Å². The third kappa shape index (κ3) is 2.89. The summed E-state index contributed by atoms with van der Waals surface area (Å²) < 4.78 is 1.16. The molecule has 96 valence electrons. The SMILES string of the molecule is CCCC(=O)NCC(O)c1csc2ccccc12. The van der Waals surface area contributed by atoms with Crippen molar-refractivity contribution in [2.24, 2.45) is 0 Å². The molecular formula is C14H17NO2S. The summed E-state index contributed by atoms with van der Waals surface area (Å²) in [5, 5.41) is 15.9. The Morgan fingerprint density at radius 3 is 3.00 bits per heavy atom. The van der Waals surface area contributed by atoms with Crippen molar-refractivity contribution in [1.82, 2.24) is 5.32 Å². The summed E-state index contributed by atoms with van der Waals surface area (Å²) >= 11 is 1.61. The molecule has 1 aromatic carbocycles. The van der Waals surface area contributed by atoms with Crippen molar-refractivity contribution in [2.45, 2.75) is 25.9 Å². The lowest BCUT2D eigenvalue weighted by molar-refractivity contribution is -0.121. The second-order valence-corrected chi connectivity index (χ2v) is 5.17. The van der Waals surface area contributed by atoms with Crippen LogP contribution in [0.1, 0.15) is 31.4 Å². The third-order valence-electron chi connectivity index (χ3n) is 2.84. The largest absolute Gasteiger partial charge is 0.387 e. The first kappa shape index (κ1) is 13.1. The number of hydrogen-bond donors (Lipinski definition) is 2. The lowest BCUT2D eigenvalue weighted by Crippen LogP contribution is -2.27. The van der Waals surface area contributed by atoms with Crippen LogP contribution in [0.15, 0.2) is 29.6 Å². The van der Waals surface area contributed by atoms with Gasteiger partial charge in [0, 0.05) is 23.2 Å². The molecule has 0 saturated carbocycles. The number of carbonyl (C=O) groups is 1. The summed E-state index contributed by atoms with van der Waals surface area (Å²) in [7, 11) is 0. The second-order valence-electron chi connectivity index (χ2n) is 4.26. The summed E-state index contributed by atoms with van der Waals surface area (Å²) in [4.78, 5) is 11.4. The highest BCUT2D eigenvalue weighted by Gasteiger charge is 2.13. The van der Waals surface area contributed by atoms with Crippen molar-refractivity contribution in [1.29, 1.82) is 0 Å². The van der Waals surface area contributed by atoms with Crippen LogP contribution >= 0.6 is 11.3 Å². The van der Waals surface area contributed by atoms with Gasteiger partial charge >= 0.3 is 0 Å². The average Bonchev–Trinajstić information content (AvgIpc) is 2.80. The highest BCUT2D eigenvalue weighted by Crippen LogP contribution is 2.29. The van der Waals surface area contributed by atoms with Crippen LogP contribution in [0.4, 0.5) is 0 Å². The van der Waals surface area contributed by atoms with Gasteiger partial charge in [0.2, 0.25) is 5.91 Å². The molecule has 0 radical (unpaired) electrons. The molecule has 2 N–H and O–H groups in total. The minimum Gasteiger partial charge on any atom is -0.387 e. The monoisotopic (exact) mass is 263 g/mol. The number of rotatable bonds is 5. The molecule has 18 heavy (non-hydrogen) atoms. The molecule has 4 heteroatoms. The number of amides is 1.